The number of nitrogen functional groups attached to an aromatic ring is 1. The first-order valence-corrected chi connectivity index (χ1v) is 5.79. The van der Waals surface area contributed by atoms with Crippen LogP contribution in [0.1, 0.15) is 13.0 Å². The van der Waals surface area contributed by atoms with Crippen LogP contribution >= 0.6 is 11.6 Å². The molecule has 0 fully saturated rings. The fourth-order valence-corrected chi connectivity index (χ4v) is 1.68. The number of benzene rings is 1. The number of hydrogen-bond acceptors (Lipinski definition) is 3. The van der Waals surface area contributed by atoms with E-state index in [9.17, 15) is 4.79 Å². The SMILES string of the molecule is CC(C(=O)Nc1cc(Cl)ccc1N)n1ccnc1. The Morgan fingerprint density at radius 1 is 1.56 bits per heavy atom. The molecule has 18 heavy (non-hydrogen) atoms. The highest BCUT2D eigenvalue weighted by molar-refractivity contribution is 6.31. The highest BCUT2D eigenvalue weighted by atomic mass is 35.5. The number of nitrogens with two attached hydrogens (primary N) is 1. The molecule has 0 aliphatic carbocycles. The van der Waals surface area contributed by atoms with E-state index >= 15 is 0 Å². The van der Waals surface area contributed by atoms with E-state index in [0.29, 0.717) is 16.4 Å². The second-order valence-electron chi connectivity index (χ2n) is 3.91. The summed E-state index contributed by atoms with van der Waals surface area (Å²) >= 11 is 5.86. The van der Waals surface area contributed by atoms with E-state index < -0.39 is 0 Å². The zero-order valence-corrected chi connectivity index (χ0v) is 10.6. The van der Waals surface area contributed by atoms with Crippen molar-refractivity contribution >= 4 is 28.9 Å². The maximum atomic E-state index is 12.0. The molecule has 0 saturated heterocycles. The summed E-state index contributed by atoms with van der Waals surface area (Å²) < 4.78 is 1.70. The third kappa shape index (κ3) is 2.62. The van der Waals surface area contributed by atoms with E-state index in [4.69, 9.17) is 17.3 Å². The van der Waals surface area contributed by atoms with Crippen LogP contribution < -0.4 is 11.1 Å². The number of halogens is 1. The van der Waals surface area contributed by atoms with E-state index in [2.05, 4.69) is 10.3 Å². The van der Waals surface area contributed by atoms with Gasteiger partial charge in [0.2, 0.25) is 5.91 Å². The van der Waals surface area contributed by atoms with Gasteiger partial charge in [-0.3, -0.25) is 4.79 Å². The molecule has 6 heteroatoms. The highest BCUT2D eigenvalue weighted by Crippen LogP contribution is 2.23. The molecule has 1 amide bonds. The zero-order chi connectivity index (χ0) is 13.1. The van der Waals surface area contributed by atoms with E-state index in [1.165, 1.54) is 0 Å². The Balaban J connectivity index is 2.14. The number of hydrogen-bond donors (Lipinski definition) is 2. The standard InChI is InChI=1S/C12H13ClN4O/c1-8(17-5-4-15-7-17)12(18)16-11-6-9(13)2-3-10(11)14/h2-8H,14H2,1H3,(H,16,18). The maximum absolute atomic E-state index is 12.0. The van der Waals surface area contributed by atoms with Crippen molar-refractivity contribution in [3.63, 3.8) is 0 Å². The average Bonchev–Trinajstić information content (AvgIpc) is 2.86. The van der Waals surface area contributed by atoms with Crippen LogP contribution in [0.25, 0.3) is 0 Å². The lowest BCUT2D eigenvalue weighted by Crippen LogP contribution is -2.23. The molecule has 2 aromatic rings. The van der Waals surface area contributed by atoms with Crippen LogP contribution in [0.3, 0.4) is 0 Å². The lowest BCUT2D eigenvalue weighted by Gasteiger charge is -2.14. The van der Waals surface area contributed by atoms with E-state index in [1.54, 1.807) is 48.4 Å². The monoisotopic (exact) mass is 264 g/mol. The van der Waals surface area contributed by atoms with Crippen molar-refractivity contribution in [1.82, 2.24) is 9.55 Å². The van der Waals surface area contributed by atoms with Crippen LogP contribution in [0.15, 0.2) is 36.9 Å². The first-order chi connectivity index (χ1) is 8.58. The second-order valence-corrected chi connectivity index (χ2v) is 4.34. The third-order valence-electron chi connectivity index (χ3n) is 2.62. The van der Waals surface area contributed by atoms with E-state index in [0.717, 1.165) is 0 Å². The molecular formula is C12H13ClN4O. The van der Waals surface area contributed by atoms with Crippen molar-refractivity contribution in [3.8, 4) is 0 Å². The summed E-state index contributed by atoms with van der Waals surface area (Å²) in [5.41, 5.74) is 6.75. The van der Waals surface area contributed by atoms with Crippen LogP contribution in [0.5, 0.6) is 0 Å². The molecule has 2 rings (SSSR count). The van der Waals surface area contributed by atoms with Gasteiger partial charge in [-0.1, -0.05) is 11.6 Å². The smallest absolute Gasteiger partial charge is 0.247 e. The molecule has 5 nitrogen and oxygen atoms in total. The van der Waals surface area contributed by atoms with Crippen LogP contribution in [0.2, 0.25) is 5.02 Å². The van der Waals surface area contributed by atoms with Crippen molar-refractivity contribution in [2.75, 3.05) is 11.1 Å². The molecule has 0 bridgehead atoms. The normalized spacial score (nSPS) is 12.1. The van der Waals surface area contributed by atoms with Crippen LogP contribution in [0.4, 0.5) is 11.4 Å². The maximum Gasteiger partial charge on any atom is 0.247 e. The molecule has 0 aliphatic rings. The number of anilines is 2. The molecule has 94 valence electrons. The minimum Gasteiger partial charge on any atom is -0.397 e. The third-order valence-corrected chi connectivity index (χ3v) is 2.86. The summed E-state index contributed by atoms with van der Waals surface area (Å²) in [6.07, 6.45) is 4.94. The number of nitrogens with zero attached hydrogens (tertiary/aromatic N) is 2. The Labute approximate surface area is 110 Å². The molecule has 3 N–H and O–H groups in total. The lowest BCUT2D eigenvalue weighted by atomic mass is 10.2. The van der Waals surface area contributed by atoms with E-state index in [-0.39, 0.29) is 11.9 Å². The van der Waals surface area contributed by atoms with Crippen LogP contribution in [-0.4, -0.2) is 15.5 Å². The van der Waals surface area contributed by atoms with Gasteiger partial charge in [-0.25, -0.2) is 4.98 Å². The summed E-state index contributed by atoms with van der Waals surface area (Å²) in [5, 5.41) is 3.27. The molecular weight excluding hydrogens is 252 g/mol. The van der Waals surface area contributed by atoms with Gasteiger partial charge in [-0.2, -0.15) is 0 Å². The Hall–Kier alpha value is -2.01. The average molecular weight is 265 g/mol. The predicted octanol–water partition coefficient (Wildman–Crippen LogP) is 2.32. The minimum atomic E-state index is -0.370. The van der Waals surface area contributed by atoms with Gasteiger partial charge in [0, 0.05) is 17.4 Å². The highest BCUT2D eigenvalue weighted by Gasteiger charge is 2.15. The summed E-state index contributed by atoms with van der Waals surface area (Å²) in [6.45, 7) is 1.78. The largest absolute Gasteiger partial charge is 0.397 e. The van der Waals surface area contributed by atoms with Crippen molar-refractivity contribution in [2.45, 2.75) is 13.0 Å². The number of carbonyl (C=O) groups excluding carboxylic acids is 1. The fraction of sp³-hybridized carbons (Fsp3) is 0.167. The van der Waals surface area contributed by atoms with Gasteiger partial charge >= 0.3 is 0 Å². The lowest BCUT2D eigenvalue weighted by molar-refractivity contribution is -0.118. The Kier molecular flexibility index (Phi) is 3.53. The van der Waals surface area contributed by atoms with Gasteiger partial charge in [0.05, 0.1) is 17.7 Å². The zero-order valence-electron chi connectivity index (χ0n) is 9.80. The number of rotatable bonds is 3. The summed E-state index contributed by atoms with van der Waals surface area (Å²) in [5.74, 6) is -0.179. The van der Waals surface area contributed by atoms with Gasteiger partial charge in [0.1, 0.15) is 6.04 Å². The quantitative estimate of drug-likeness (QED) is 0.836. The summed E-state index contributed by atoms with van der Waals surface area (Å²) in [4.78, 5) is 15.9. The summed E-state index contributed by atoms with van der Waals surface area (Å²) in [7, 11) is 0. The number of imidazole rings is 1. The molecule has 0 spiro atoms. The van der Waals surface area contributed by atoms with Crippen LogP contribution in [0, 0.1) is 0 Å². The Morgan fingerprint density at radius 2 is 2.33 bits per heavy atom. The topological polar surface area (TPSA) is 72.9 Å². The van der Waals surface area contributed by atoms with Crippen molar-refractivity contribution in [1.29, 1.82) is 0 Å². The predicted molar refractivity (Wildman–Crippen MR) is 71.4 cm³/mol. The first-order valence-electron chi connectivity index (χ1n) is 5.41. The molecule has 1 aromatic carbocycles. The molecule has 0 radical (unpaired) electrons. The van der Waals surface area contributed by atoms with Gasteiger partial charge in [0.25, 0.3) is 0 Å². The Morgan fingerprint density at radius 3 is 3.00 bits per heavy atom. The molecule has 1 aromatic heterocycles. The molecule has 1 atom stereocenters. The van der Waals surface area contributed by atoms with Gasteiger partial charge in [-0.15, -0.1) is 0 Å². The Bertz CT molecular complexity index is 553. The molecule has 1 heterocycles. The van der Waals surface area contributed by atoms with Gasteiger partial charge < -0.3 is 15.6 Å². The first kappa shape index (κ1) is 12.4. The van der Waals surface area contributed by atoms with Crippen LogP contribution in [-0.2, 0) is 4.79 Å². The molecule has 0 aliphatic heterocycles. The van der Waals surface area contributed by atoms with Gasteiger partial charge in [-0.05, 0) is 25.1 Å². The van der Waals surface area contributed by atoms with Crippen molar-refractivity contribution in [2.24, 2.45) is 0 Å². The van der Waals surface area contributed by atoms with Gasteiger partial charge in [0.15, 0.2) is 0 Å². The molecule has 1 unspecified atom stereocenters. The molecule has 0 saturated carbocycles. The number of amides is 1. The number of aromatic nitrogens is 2. The van der Waals surface area contributed by atoms with E-state index in [1.807, 2.05) is 0 Å². The second kappa shape index (κ2) is 5.10. The minimum absolute atomic E-state index is 0.179. The van der Waals surface area contributed by atoms with Crippen molar-refractivity contribution < 1.29 is 4.79 Å². The fourth-order valence-electron chi connectivity index (χ4n) is 1.51. The number of nitrogens with one attached hydrogen (secondary N) is 1. The summed E-state index contributed by atoms with van der Waals surface area (Å²) in [6, 6.07) is 4.58. The van der Waals surface area contributed by atoms with Crippen molar-refractivity contribution in [3.05, 3.63) is 41.9 Å². The number of carbonyl (C=O) groups is 1.